The van der Waals surface area contributed by atoms with E-state index in [0.29, 0.717) is 13.2 Å². The van der Waals surface area contributed by atoms with Crippen LogP contribution >= 0.6 is 24.8 Å². The molecule has 0 amide bonds. The molecular weight excluding hydrogens is 493 g/mol. The van der Waals surface area contributed by atoms with Crippen molar-refractivity contribution >= 4 is 24.8 Å². The van der Waals surface area contributed by atoms with Gasteiger partial charge in [0.25, 0.3) is 0 Å². The lowest BCUT2D eigenvalue weighted by atomic mass is 10.0. The number of hydrogen-bond acceptors (Lipinski definition) is 4. The second-order valence-corrected chi connectivity index (χ2v) is 8.42. The van der Waals surface area contributed by atoms with E-state index in [1.807, 2.05) is 30.3 Å². The summed E-state index contributed by atoms with van der Waals surface area (Å²) in [4.78, 5) is 4.63. The molecule has 3 aromatic carbocycles. The third kappa shape index (κ3) is 8.53. The average Bonchev–Trinajstić information content (AvgIpc) is 2.85. The Morgan fingerprint density at radius 2 is 1.17 bits per heavy atom. The SMILES string of the molecule is Cl.Cl.OC(CN1CCN(CCOC(c2ccc(F)cc2)c2ccc(F)cc2)CC1)c1ccccc1. The summed E-state index contributed by atoms with van der Waals surface area (Å²) in [5, 5.41) is 10.5. The first-order valence-corrected chi connectivity index (χ1v) is 11.4. The van der Waals surface area contributed by atoms with E-state index in [1.54, 1.807) is 24.3 Å². The van der Waals surface area contributed by atoms with Crippen LogP contribution in [0.25, 0.3) is 0 Å². The van der Waals surface area contributed by atoms with Gasteiger partial charge in [0.15, 0.2) is 0 Å². The highest BCUT2D eigenvalue weighted by Gasteiger charge is 2.21. The van der Waals surface area contributed by atoms with E-state index < -0.39 is 6.10 Å². The molecule has 0 bridgehead atoms. The van der Waals surface area contributed by atoms with Gasteiger partial charge in [0.1, 0.15) is 17.7 Å². The molecule has 4 nitrogen and oxygen atoms in total. The molecule has 1 saturated heterocycles. The number of ether oxygens (including phenoxy) is 1. The fraction of sp³-hybridized carbons (Fsp3) is 0.333. The van der Waals surface area contributed by atoms with Gasteiger partial charge < -0.3 is 9.84 Å². The van der Waals surface area contributed by atoms with Crippen LogP contribution in [0.15, 0.2) is 78.9 Å². The molecule has 1 aliphatic rings. The van der Waals surface area contributed by atoms with Crippen molar-refractivity contribution in [3.63, 3.8) is 0 Å². The van der Waals surface area contributed by atoms with Crippen LogP contribution in [-0.2, 0) is 4.74 Å². The summed E-state index contributed by atoms with van der Waals surface area (Å²) in [6.45, 7) is 5.50. The van der Waals surface area contributed by atoms with E-state index in [4.69, 9.17) is 4.74 Å². The molecule has 1 heterocycles. The molecule has 35 heavy (non-hydrogen) atoms. The summed E-state index contributed by atoms with van der Waals surface area (Å²) in [5.74, 6) is -0.598. The highest BCUT2D eigenvalue weighted by molar-refractivity contribution is 5.85. The molecule has 0 radical (unpaired) electrons. The van der Waals surface area contributed by atoms with Crippen LogP contribution in [-0.4, -0.2) is 60.8 Å². The predicted molar refractivity (Wildman–Crippen MR) is 139 cm³/mol. The maximum absolute atomic E-state index is 13.4. The van der Waals surface area contributed by atoms with Crippen LogP contribution in [0.1, 0.15) is 28.9 Å². The first kappa shape index (κ1) is 29.2. The Labute approximate surface area is 218 Å². The first-order chi connectivity index (χ1) is 16.1. The van der Waals surface area contributed by atoms with Crippen LogP contribution in [0.5, 0.6) is 0 Å². The van der Waals surface area contributed by atoms with Crippen LogP contribution in [0.3, 0.4) is 0 Å². The smallest absolute Gasteiger partial charge is 0.123 e. The summed E-state index contributed by atoms with van der Waals surface area (Å²) >= 11 is 0. The molecule has 1 atom stereocenters. The molecule has 4 rings (SSSR count). The number of aliphatic hydroxyl groups is 1. The van der Waals surface area contributed by atoms with Crippen molar-refractivity contribution in [1.29, 1.82) is 0 Å². The van der Waals surface area contributed by atoms with E-state index in [-0.39, 0.29) is 42.6 Å². The van der Waals surface area contributed by atoms with Gasteiger partial charge in [-0.2, -0.15) is 0 Å². The Morgan fingerprint density at radius 1 is 0.686 bits per heavy atom. The molecule has 1 aliphatic heterocycles. The van der Waals surface area contributed by atoms with Gasteiger partial charge in [-0.1, -0.05) is 54.6 Å². The summed E-state index contributed by atoms with van der Waals surface area (Å²) in [5.41, 5.74) is 2.62. The molecule has 1 fully saturated rings. The van der Waals surface area contributed by atoms with Crippen molar-refractivity contribution in [3.05, 3.63) is 107 Å². The van der Waals surface area contributed by atoms with Gasteiger partial charge in [0.05, 0.1) is 12.7 Å². The summed E-state index contributed by atoms with van der Waals surface area (Å²) in [6.07, 6.45) is -0.859. The van der Waals surface area contributed by atoms with Crippen molar-refractivity contribution < 1.29 is 18.6 Å². The normalized spacial score (nSPS) is 15.3. The standard InChI is InChI=1S/C27H30F2N2O2.2ClH/c28-24-10-6-22(7-11-24)27(23-8-12-25(29)13-9-23)33-19-18-30-14-16-31(17-15-30)20-26(32)21-4-2-1-3-5-21;;/h1-13,26-27,32H,14-20H2;2*1H. The second kappa shape index (κ2) is 14.5. The van der Waals surface area contributed by atoms with Crippen molar-refractivity contribution in [2.75, 3.05) is 45.9 Å². The number of nitrogens with zero attached hydrogens (tertiary/aromatic N) is 2. The zero-order valence-electron chi connectivity index (χ0n) is 19.4. The van der Waals surface area contributed by atoms with Crippen molar-refractivity contribution in [2.45, 2.75) is 12.2 Å². The minimum atomic E-state index is -0.478. The Hall–Kier alpha value is -2.06. The molecular formula is C27H32Cl2F2N2O2. The van der Waals surface area contributed by atoms with Crippen LogP contribution in [0.2, 0.25) is 0 Å². The van der Waals surface area contributed by atoms with Crippen LogP contribution < -0.4 is 0 Å². The summed E-state index contributed by atoms with van der Waals surface area (Å²) in [6, 6.07) is 22.2. The van der Waals surface area contributed by atoms with E-state index >= 15 is 0 Å². The Kier molecular flexibility index (Phi) is 12.1. The molecule has 190 valence electrons. The molecule has 0 saturated carbocycles. The molecule has 3 aromatic rings. The third-order valence-corrected chi connectivity index (χ3v) is 6.12. The quantitative estimate of drug-likeness (QED) is 0.413. The fourth-order valence-corrected chi connectivity index (χ4v) is 4.18. The zero-order chi connectivity index (χ0) is 23.0. The van der Waals surface area contributed by atoms with Crippen LogP contribution in [0, 0.1) is 11.6 Å². The molecule has 1 N–H and O–H groups in total. The van der Waals surface area contributed by atoms with Crippen LogP contribution in [0.4, 0.5) is 8.78 Å². The number of aliphatic hydroxyl groups excluding tert-OH is 1. The van der Waals surface area contributed by atoms with E-state index in [0.717, 1.165) is 49.4 Å². The molecule has 1 unspecified atom stereocenters. The molecule has 0 aromatic heterocycles. The largest absolute Gasteiger partial charge is 0.387 e. The highest BCUT2D eigenvalue weighted by Crippen LogP contribution is 2.26. The lowest BCUT2D eigenvalue weighted by Crippen LogP contribution is -2.48. The number of β-amino-alcohol motifs (C(OH)–C–C–N with tert-alkyl or cyclic N) is 1. The Balaban J connectivity index is 0.00000216. The average molecular weight is 525 g/mol. The van der Waals surface area contributed by atoms with E-state index in [1.165, 1.54) is 24.3 Å². The first-order valence-electron chi connectivity index (χ1n) is 11.4. The number of benzene rings is 3. The maximum atomic E-state index is 13.4. The van der Waals surface area contributed by atoms with E-state index in [9.17, 15) is 13.9 Å². The van der Waals surface area contributed by atoms with Gasteiger partial charge in [-0.25, -0.2) is 8.78 Å². The number of hydrogen-bond donors (Lipinski definition) is 1. The number of rotatable bonds is 9. The van der Waals surface area contributed by atoms with Crippen molar-refractivity contribution in [2.24, 2.45) is 0 Å². The predicted octanol–water partition coefficient (Wildman–Crippen LogP) is 5.27. The van der Waals surface area contributed by atoms with Gasteiger partial charge in [-0.3, -0.25) is 9.80 Å². The highest BCUT2D eigenvalue weighted by atomic mass is 35.5. The number of halogens is 4. The zero-order valence-corrected chi connectivity index (χ0v) is 21.1. The topological polar surface area (TPSA) is 35.9 Å². The Morgan fingerprint density at radius 3 is 1.69 bits per heavy atom. The lowest BCUT2D eigenvalue weighted by Gasteiger charge is -2.35. The minimum Gasteiger partial charge on any atom is -0.387 e. The second-order valence-electron chi connectivity index (χ2n) is 8.42. The van der Waals surface area contributed by atoms with Gasteiger partial charge in [-0.15, -0.1) is 24.8 Å². The van der Waals surface area contributed by atoms with Gasteiger partial charge in [0, 0.05) is 39.3 Å². The summed E-state index contributed by atoms with van der Waals surface area (Å²) in [7, 11) is 0. The molecule has 0 spiro atoms. The van der Waals surface area contributed by atoms with E-state index in [2.05, 4.69) is 9.80 Å². The Bertz CT molecular complexity index is 941. The molecule has 8 heteroatoms. The van der Waals surface area contributed by atoms with Gasteiger partial charge in [-0.05, 0) is 41.0 Å². The summed E-state index contributed by atoms with van der Waals surface area (Å²) < 4.78 is 33.0. The maximum Gasteiger partial charge on any atom is 0.123 e. The van der Waals surface area contributed by atoms with Gasteiger partial charge >= 0.3 is 0 Å². The lowest BCUT2D eigenvalue weighted by molar-refractivity contribution is 0.0350. The fourth-order valence-electron chi connectivity index (χ4n) is 4.18. The third-order valence-electron chi connectivity index (χ3n) is 6.12. The molecule has 0 aliphatic carbocycles. The van der Waals surface area contributed by atoms with Gasteiger partial charge in [0.2, 0.25) is 0 Å². The number of piperazine rings is 1. The van der Waals surface area contributed by atoms with Crippen molar-refractivity contribution in [1.82, 2.24) is 9.80 Å². The monoisotopic (exact) mass is 524 g/mol. The van der Waals surface area contributed by atoms with Crippen molar-refractivity contribution in [3.8, 4) is 0 Å². The minimum absolute atomic E-state index is 0.